The fourth-order valence-corrected chi connectivity index (χ4v) is 3.58. The summed E-state index contributed by atoms with van der Waals surface area (Å²) in [6.07, 6.45) is -2.99. The topological polar surface area (TPSA) is 79.9 Å². The van der Waals surface area contributed by atoms with Crippen molar-refractivity contribution in [1.82, 2.24) is 10.2 Å². The molecule has 0 spiro atoms. The molecule has 0 radical (unpaired) electrons. The number of hydrogen-bond acceptors (Lipinski definition) is 4. The van der Waals surface area contributed by atoms with Gasteiger partial charge in [-0.15, -0.1) is 0 Å². The highest BCUT2D eigenvalue weighted by Gasteiger charge is 2.55. The molecule has 1 saturated heterocycles. The molecule has 5 nitrogen and oxygen atoms in total. The molecule has 1 aliphatic heterocycles. The summed E-state index contributed by atoms with van der Waals surface area (Å²) in [6.45, 7) is -0.190. The summed E-state index contributed by atoms with van der Waals surface area (Å²) in [6, 6.07) is 13.8. The molecule has 1 heterocycles. The maximum absolute atomic E-state index is 14.6. The molecule has 154 valence electrons. The van der Waals surface area contributed by atoms with Crippen molar-refractivity contribution < 1.29 is 18.0 Å². The number of amides is 1. The number of alkyl halides is 2. The van der Waals surface area contributed by atoms with E-state index in [2.05, 4.69) is 5.32 Å². The van der Waals surface area contributed by atoms with Gasteiger partial charge in [0.1, 0.15) is 17.3 Å². The number of nitrogens with one attached hydrogen (secondary N) is 1. The average Bonchev–Trinajstić information content (AvgIpc) is 2.71. The van der Waals surface area contributed by atoms with Crippen molar-refractivity contribution in [2.24, 2.45) is 5.41 Å². The standard InChI is InChI=1S/C22H19F3N4O/c1-29-12-22(13-29,20(24)25)21(30)28-18(11-27)8-17-7-6-16(9-19(17)23)15-4-2-14(10-26)3-5-15/h2-7,9,18,20H,8,12-13H2,1H3,(H,28,30)/t18-/m0/s1. The van der Waals surface area contributed by atoms with E-state index in [9.17, 15) is 23.2 Å². The molecule has 0 unspecified atom stereocenters. The highest BCUT2D eigenvalue weighted by atomic mass is 19.3. The normalized spacial score (nSPS) is 16.2. The smallest absolute Gasteiger partial charge is 0.255 e. The first kappa shape index (κ1) is 21.4. The predicted octanol–water partition coefficient (Wildman–Crippen LogP) is 3.11. The Kier molecular flexibility index (Phi) is 6.09. The minimum absolute atomic E-state index is 0.0949. The van der Waals surface area contributed by atoms with Gasteiger partial charge in [0.2, 0.25) is 5.91 Å². The molecule has 1 aliphatic rings. The number of nitriles is 2. The molecule has 1 amide bonds. The van der Waals surface area contributed by atoms with E-state index in [-0.39, 0.29) is 25.1 Å². The van der Waals surface area contributed by atoms with Crippen LogP contribution in [0.4, 0.5) is 13.2 Å². The third-order valence-corrected chi connectivity index (χ3v) is 5.26. The van der Waals surface area contributed by atoms with Crippen LogP contribution in [0.1, 0.15) is 11.1 Å². The summed E-state index contributed by atoms with van der Waals surface area (Å²) in [5.74, 6) is -1.46. The molecule has 1 atom stereocenters. The van der Waals surface area contributed by atoms with Crippen LogP contribution in [0.2, 0.25) is 0 Å². The summed E-state index contributed by atoms with van der Waals surface area (Å²) in [5.41, 5.74) is 0.158. The molecular weight excluding hydrogens is 393 g/mol. The zero-order chi connectivity index (χ0) is 21.9. The Morgan fingerprint density at radius 3 is 2.30 bits per heavy atom. The van der Waals surface area contributed by atoms with E-state index in [1.54, 1.807) is 42.3 Å². The van der Waals surface area contributed by atoms with E-state index in [1.807, 2.05) is 12.1 Å². The van der Waals surface area contributed by atoms with Crippen molar-refractivity contribution in [2.45, 2.75) is 18.9 Å². The van der Waals surface area contributed by atoms with Gasteiger partial charge in [-0.3, -0.25) is 4.79 Å². The Bertz CT molecular complexity index is 1020. The Morgan fingerprint density at radius 1 is 1.17 bits per heavy atom. The van der Waals surface area contributed by atoms with Gasteiger partial charge in [-0.2, -0.15) is 10.5 Å². The second-order valence-corrected chi connectivity index (χ2v) is 7.48. The monoisotopic (exact) mass is 412 g/mol. The van der Waals surface area contributed by atoms with E-state index < -0.39 is 29.6 Å². The number of halogens is 3. The first-order valence-corrected chi connectivity index (χ1v) is 9.25. The molecule has 0 aromatic heterocycles. The van der Waals surface area contributed by atoms with Gasteiger partial charge in [0.15, 0.2) is 0 Å². The highest BCUT2D eigenvalue weighted by Crippen LogP contribution is 2.36. The van der Waals surface area contributed by atoms with Gasteiger partial charge in [0, 0.05) is 19.5 Å². The quantitative estimate of drug-likeness (QED) is 0.791. The van der Waals surface area contributed by atoms with E-state index in [0.29, 0.717) is 11.1 Å². The lowest BCUT2D eigenvalue weighted by Crippen LogP contribution is -2.66. The van der Waals surface area contributed by atoms with Crippen molar-refractivity contribution in [1.29, 1.82) is 10.5 Å². The molecule has 2 aromatic carbocycles. The summed E-state index contributed by atoms with van der Waals surface area (Å²) in [4.78, 5) is 14.0. The lowest BCUT2D eigenvalue weighted by molar-refractivity contribution is -0.159. The van der Waals surface area contributed by atoms with Gasteiger partial charge < -0.3 is 10.2 Å². The zero-order valence-corrected chi connectivity index (χ0v) is 16.2. The SMILES string of the molecule is CN1CC(C(=O)N[C@H](C#N)Cc2ccc(-c3ccc(C#N)cc3)cc2F)(C(F)F)C1. The number of hydrogen-bond donors (Lipinski definition) is 1. The summed E-state index contributed by atoms with van der Waals surface area (Å²) in [5, 5.41) is 20.5. The lowest BCUT2D eigenvalue weighted by atomic mass is 9.79. The maximum atomic E-state index is 14.6. The van der Waals surface area contributed by atoms with E-state index in [1.165, 1.54) is 12.1 Å². The van der Waals surface area contributed by atoms with Crippen LogP contribution in [-0.4, -0.2) is 43.4 Å². The van der Waals surface area contributed by atoms with Crippen LogP contribution < -0.4 is 5.32 Å². The van der Waals surface area contributed by atoms with E-state index in [0.717, 1.165) is 5.56 Å². The number of likely N-dealkylation sites (tertiary alicyclic amines) is 1. The number of carbonyl (C=O) groups excluding carboxylic acids is 1. The Morgan fingerprint density at radius 2 is 1.80 bits per heavy atom. The zero-order valence-electron chi connectivity index (χ0n) is 16.2. The average molecular weight is 412 g/mol. The fourth-order valence-electron chi connectivity index (χ4n) is 3.58. The molecule has 1 N–H and O–H groups in total. The van der Waals surface area contributed by atoms with Gasteiger partial charge in [-0.1, -0.05) is 24.3 Å². The molecular formula is C22H19F3N4O. The maximum Gasteiger partial charge on any atom is 0.255 e. The molecule has 2 aromatic rings. The molecule has 8 heteroatoms. The van der Waals surface area contributed by atoms with Gasteiger partial charge >= 0.3 is 0 Å². The molecule has 0 saturated carbocycles. The predicted molar refractivity (Wildman–Crippen MR) is 104 cm³/mol. The minimum Gasteiger partial charge on any atom is -0.339 e. The van der Waals surface area contributed by atoms with Gasteiger partial charge in [-0.05, 0) is 41.9 Å². The highest BCUT2D eigenvalue weighted by molar-refractivity contribution is 5.85. The van der Waals surface area contributed by atoms with Crippen LogP contribution in [0.15, 0.2) is 42.5 Å². The van der Waals surface area contributed by atoms with Crippen LogP contribution >= 0.6 is 0 Å². The Balaban J connectivity index is 1.72. The lowest BCUT2D eigenvalue weighted by Gasteiger charge is -2.46. The van der Waals surface area contributed by atoms with Crippen LogP contribution in [-0.2, 0) is 11.2 Å². The molecule has 0 bridgehead atoms. The molecule has 0 aliphatic carbocycles. The van der Waals surface area contributed by atoms with Crippen molar-refractivity contribution in [3.63, 3.8) is 0 Å². The minimum atomic E-state index is -2.85. The summed E-state index contributed by atoms with van der Waals surface area (Å²) < 4.78 is 41.4. The van der Waals surface area contributed by atoms with Crippen LogP contribution in [0.25, 0.3) is 11.1 Å². The largest absolute Gasteiger partial charge is 0.339 e. The van der Waals surface area contributed by atoms with E-state index in [4.69, 9.17) is 5.26 Å². The second-order valence-electron chi connectivity index (χ2n) is 7.48. The fraction of sp³-hybridized carbons (Fsp3) is 0.318. The van der Waals surface area contributed by atoms with Crippen LogP contribution in [0.5, 0.6) is 0 Å². The van der Waals surface area contributed by atoms with Crippen molar-refractivity contribution in [2.75, 3.05) is 20.1 Å². The molecule has 3 rings (SSSR count). The first-order chi connectivity index (χ1) is 14.3. The van der Waals surface area contributed by atoms with Crippen molar-refractivity contribution in [3.05, 3.63) is 59.4 Å². The summed E-state index contributed by atoms with van der Waals surface area (Å²) >= 11 is 0. The molecule has 1 fully saturated rings. The number of nitrogens with zero attached hydrogens (tertiary/aromatic N) is 3. The van der Waals surface area contributed by atoms with Crippen LogP contribution in [0.3, 0.4) is 0 Å². The third-order valence-electron chi connectivity index (χ3n) is 5.26. The van der Waals surface area contributed by atoms with Gasteiger partial charge in [0.25, 0.3) is 6.43 Å². The number of benzene rings is 2. The van der Waals surface area contributed by atoms with Gasteiger partial charge in [0.05, 0.1) is 17.7 Å². The summed E-state index contributed by atoms with van der Waals surface area (Å²) in [7, 11) is 1.63. The first-order valence-electron chi connectivity index (χ1n) is 9.25. The van der Waals surface area contributed by atoms with Crippen molar-refractivity contribution >= 4 is 5.91 Å². The number of carbonyl (C=O) groups is 1. The van der Waals surface area contributed by atoms with Crippen molar-refractivity contribution in [3.8, 4) is 23.3 Å². The molecule has 30 heavy (non-hydrogen) atoms. The van der Waals surface area contributed by atoms with E-state index >= 15 is 0 Å². The Labute approximate surface area is 172 Å². The third kappa shape index (κ3) is 4.14. The number of rotatable bonds is 6. The Hall–Kier alpha value is -3.36. The van der Waals surface area contributed by atoms with Crippen LogP contribution in [0, 0.1) is 33.9 Å². The second kappa shape index (κ2) is 8.56. The van der Waals surface area contributed by atoms with Gasteiger partial charge in [-0.25, -0.2) is 13.2 Å².